The fourth-order valence-corrected chi connectivity index (χ4v) is 1.98. The maximum atomic E-state index is 11.8. The van der Waals surface area contributed by atoms with Gasteiger partial charge in [-0.15, -0.1) is 0 Å². The summed E-state index contributed by atoms with van der Waals surface area (Å²) in [7, 11) is 0. The molecule has 0 bridgehead atoms. The quantitative estimate of drug-likeness (QED) is 0.628. The summed E-state index contributed by atoms with van der Waals surface area (Å²) in [4.78, 5) is 27.1. The van der Waals surface area contributed by atoms with Crippen LogP contribution in [0.1, 0.15) is 33.2 Å². The van der Waals surface area contributed by atoms with Crippen molar-refractivity contribution in [3.05, 3.63) is 59.4 Å². The van der Waals surface area contributed by atoms with E-state index in [4.69, 9.17) is 5.26 Å². The van der Waals surface area contributed by atoms with Crippen LogP contribution in [0.3, 0.4) is 0 Å². The van der Waals surface area contributed by atoms with Crippen LogP contribution in [0.2, 0.25) is 0 Å². The first-order valence-electron chi connectivity index (χ1n) is 7.09. The van der Waals surface area contributed by atoms with Crippen LogP contribution in [0.15, 0.2) is 42.7 Å². The lowest BCUT2D eigenvalue weighted by molar-refractivity contribution is 0.0953. The van der Waals surface area contributed by atoms with Gasteiger partial charge in [0.1, 0.15) is 6.07 Å². The first-order chi connectivity index (χ1) is 11.1. The van der Waals surface area contributed by atoms with Gasteiger partial charge in [-0.25, -0.2) is 0 Å². The lowest BCUT2D eigenvalue weighted by Crippen LogP contribution is -2.28. The van der Waals surface area contributed by atoms with Crippen molar-refractivity contribution >= 4 is 17.4 Å². The number of benzene rings is 1. The fourth-order valence-electron chi connectivity index (χ4n) is 1.98. The van der Waals surface area contributed by atoms with Gasteiger partial charge < -0.3 is 10.6 Å². The van der Waals surface area contributed by atoms with Gasteiger partial charge in [-0.05, 0) is 37.3 Å². The van der Waals surface area contributed by atoms with Gasteiger partial charge in [0.15, 0.2) is 5.78 Å². The van der Waals surface area contributed by atoms with Crippen LogP contribution >= 0.6 is 0 Å². The van der Waals surface area contributed by atoms with Gasteiger partial charge >= 0.3 is 0 Å². The summed E-state index contributed by atoms with van der Waals surface area (Å²) in [6.45, 7) is 2.28. The molecular formula is C17H16N4O2. The van der Waals surface area contributed by atoms with Gasteiger partial charge in [0, 0.05) is 31.0 Å². The zero-order valence-corrected chi connectivity index (χ0v) is 12.7. The summed E-state index contributed by atoms with van der Waals surface area (Å²) >= 11 is 0. The standard InChI is InChI=1S/C17H16N4O2/c1-12(22)13-4-5-14(10-18)16(9-13)20-7-8-21-17(23)15-3-2-6-19-11-15/h2-6,9,11,20H,7-8H2,1H3,(H,21,23). The zero-order valence-electron chi connectivity index (χ0n) is 12.7. The topological polar surface area (TPSA) is 94.9 Å². The highest BCUT2D eigenvalue weighted by Crippen LogP contribution is 2.17. The van der Waals surface area contributed by atoms with Crippen molar-refractivity contribution in [1.29, 1.82) is 5.26 Å². The zero-order chi connectivity index (χ0) is 16.7. The third kappa shape index (κ3) is 4.38. The summed E-state index contributed by atoms with van der Waals surface area (Å²) < 4.78 is 0. The number of pyridine rings is 1. The van der Waals surface area contributed by atoms with Crippen LogP contribution < -0.4 is 10.6 Å². The van der Waals surface area contributed by atoms with Crippen molar-refractivity contribution < 1.29 is 9.59 Å². The highest BCUT2D eigenvalue weighted by atomic mass is 16.1. The first kappa shape index (κ1) is 16.2. The maximum Gasteiger partial charge on any atom is 0.252 e. The van der Waals surface area contributed by atoms with Crippen LogP contribution in [0, 0.1) is 11.3 Å². The number of hydrogen-bond acceptors (Lipinski definition) is 5. The van der Waals surface area contributed by atoms with Crippen LogP contribution in [-0.2, 0) is 0 Å². The molecule has 1 aromatic carbocycles. The van der Waals surface area contributed by atoms with Gasteiger partial charge in [0.05, 0.1) is 16.8 Å². The molecule has 116 valence electrons. The predicted octanol–water partition coefficient (Wildman–Crippen LogP) is 2.00. The Hall–Kier alpha value is -3.20. The summed E-state index contributed by atoms with van der Waals surface area (Å²) in [5.74, 6) is -0.277. The lowest BCUT2D eigenvalue weighted by Gasteiger charge is -2.10. The van der Waals surface area contributed by atoms with Crippen molar-refractivity contribution in [3.8, 4) is 6.07 Å². The van der Waals surface area contributed by atoms with E-state index in [1.165, 1.54) is 13.1 Å². The molecule has 1 amide bonds. The summed E-state index contributed by atoms with van der Waals surface area (Å²) in [5, 5.41) is 14.9. The summed E-state index contributed by atoms with van der Waals surface area (Å²) in [6.07, 6.45) is 3.09. The third-order valence-corrected chi connectivity index (χ3v) is 3.20. The SMILES string of the molecule is CC(=O)c1ccc(C#N)c(NCCNC(=O)c2cccnc2)c1. The van der Waals surface area contributed by atoms with E-state index in [2.05, 4.69) is 21.7 Å². The maximum absolute atomic E-state index is 11.8. The van der Waals surface area contributed by atoms with Crippen LogP contribution in [0.5, 0.6) is 0 Å². The molecule has 0 aliphatic rings. The molecule has 0 unspecified atom stereocenters. The Morgan fingerprint density at radius 1 is 1.22 bits per heavy atom. The van der Waals surface area contributed by atoms with Gasteiger partial charge in [-0.3, -0.25) is 14.6 Å². The Kier molecular flexibility index (Phi) is 5.42. The summed E-state index contributed by atoms with van der Waals surface area (Å²) in [6, 6.07) is 10.3. The number of anilines is 1. The minimum atomic E-state index is -0.210. The molecule has 0 aliphatic heterocycles. The lowest BCUT2D eigenvalue weighted by atomic mass is 10.1. The van der Waals surface area contributed by atoms with Crippen molar-refractivity contribution in [3.63, 3.8) is 0 Å². The number of ketones is 1. The van der Waals surface area contributed by atoms with E-state index in [-0.39, 0.29) is 11.7 Å². The van der Waals surface area contributed by atoms with Crippen molar-refractivity contribution in [2.75, 3.05) is 18.4 Å². The Bertz CT molecular complexity index is 751. The van der Waals surface area contributed by atoms with Crippen LogP contribution in [-0.4, -0.2) is 29.8 Å². The van der Waals surface area contributed by atoms with Crippen molar-refractivity contribution in [2.24, 2.45) is 0 Å². The average Bonchev–Trinajstić information content (AvgIpc) is 2.59. The van der Waals surface area contributed by atoms with E-state index >= 15 is 0 Å². The molecule has 2 aromatic rings. The number of hydrogen-bond donors (Lipinski definition) is 2. The fraction of sp³-hybridized carbons (Fsp3) is 0.176. The molecule has 1 heterocycles. The van der Waals surface area contributed by atoms with Gasteiger partial charge in [-0.2, -0.15) is 5.26 Å². The molecule has 0 radical (unpaired) electrons. The highest BCUT2D eigenvalue weighted by molar-refractivity contribution is 5.95. The van der Waals surface area contributed by atoms with Crippen molar-refractivity contribution in [2.45, 2.75) is 6.92 Å². The molecule has 2 N–H and O–H groups in total. The Morgan fingerprint density at radius 3 is 2.70 bits per heavy atom. The second-order valence-corrected chi connectivity index (χ2v) is 4.85. The minimum absolute atomic E-state index is 0.0672. The number of nitriles is 1. The number of Topliss-reactive ketones (excluding diaryl/α,β-unsaturated/α-hetero) is 1. The van der Waals surface area contributed by atoms with E-state index in [0.29, 0.717) is 35.5 Å². The Balaban J connectivity index is 1.91. The molecule has 0 aliphatic carbocycles. The molecule has 6 nitrogen and oxygen atoms in total. The molecule has 2 rings (SSSR count). The normalized spacial score (nSPS) is 9.74. The van der Waals surface area contributed by atoms with Gasteiger partial charge in [0.2, 0.25) is 0 Å². The molecule has 23 heavy (non-hydrogen) atoms. The van der Waals surface area contributed by atoms with Crippen LogP contribution in [0.4, 0.5) is 5.69 Å². The second-order valence-electron chi connectivity index (χ2n) is 4.85. The number of carbonyl (C=O) groups is 2. The van der Waals surface area contributed by atoms with Gasteiger partial charge in [-0.1, -0.05) is 0 Å². The first-order valence-corrected chi connectivity index (χ1v) is 7.09. The summed E-state index contributed by atoms with van der Waals surface area (Å²) in [5.41, 5.74) is 2.05. The molecule has 0 fully saturated rings. The molecule has 0 atom stereocenters. The molecule has 0 spiro atoms. The van der Waals surface area contributed by atoms with E-state index in [1.54, 1.807) is 36.5 Å². The highest BCUT2D eigenvalue weighted by Gasteiger charge is 2.07. The molecule has 0 saturated heterocycles. The van der Waals surface area contributed by atoms with E-state index in [9.17, 15) is 9.59 Å². The smallest absolute Gasteiger partial charge is 0.252 e. The Labute approximate surface area is 134 Å². The largest absolute Gasteiger partial charge is 0.382 e. The van der Waals surface area contributed by atoms with E-state index < -0.39 is 0 Å². The number of aromatic nitrogens is 1. The monoisotopic (exact) mass is 308 g/mol. The molecular weight excluding hydrogens is 292 g/mol. The van der Waals surface area contributed by atoms with E-state index in [0.717, 1.165) is 0 Å². The molecule has 0 saturated carbocycles. The van der Waals surface area contributed by atoms with E-state index in [1.807, 2.05) is 0 Å². The number of amides is 1. The Morgan fingerprint density at radius 2 is 2.04 bits per heavy atom. The number of nitrogens with zero attached hydrogens (tertiary/aromatic N) is 2. The second kappa shape index (κ2) is 7.71. The van der Waals surface area contributed by atoms with Gasteiger partial charge in [0.25, 0.3) is 5.91 Å². The van der Waals surface area contributed by atoms with Crippen LogP contribution in [0.25, 0.3) is 0 Å². The number of carbonyl (C=O) groups excluding carboxylic acids is 2. The average molecular weight is 308 g/mol. The van der Waals surface area contributed by atoms with Crippen molar-refractivity contribution in [1.82, 2.24) is 10.3 Å². The number of nitrogens with one attached hydrogen (secondary N) is 2. The third-order valence-electron chi connectivity index (χ3n) is 3.20. The number of rotatable bonds is 6. The molecule has 1 aromatic heterocycles. The molecule has 6 heteroatoms. The minimum Gasteiger partial charge on any atom is -0.382 e. The predicted molar refractivity (Wildman–Crippen MR) is 86.2 cm³/mol.